The van der Waals surface area contributed by atoms with Crippen LogP contribution in [0.25, 0.3) is 0 Å². The summed E-state index contributed by atoms with van der Waals surface area (Å²) in [5, 5.41) is 11.7. The zero-order valence-corrected chi connectivity index (χ0v) is 12.4. The molecule has 17 heavy (non-hydrogen) atoms. The summed E-state index contributed by atoms with van der Waals surface area (Å²) >= 11 is 3.52. The summed E-state index contributed by atoms with van der Waals surface area (Å²) in [5.41, 5.74) is 1.54. The van der Waals surface area contributed by atoms with E-state index in [0.29, 0.717) is 11.5 Å². The first-order chi connectivity index (χ1) is 8.14. The van der Waals surface area contributed by atoms with Crippen molar-refractivity contribution in [3.05, 3.63) is 10.3 Å². The van der Waals surface area contributed by atoms with Gasteiger partial charge in [0, 0.05) is 7.05 Å². The van der Waals surface area contributed by atoms with E-state index in [1.54, 1.807) is 0 Å². The Morgan fingerprint density at radius 3 is 2.53 bits per heavy atom. The van der Waals surface area contributed by atoms with Crippen molar-refractivity contribution >= 4 is 15.9 Å². The van der Waals surface area contributed by atoms with Gasteiger partial charge in [0.15, 0.2) is 4.60 Å². The first kappa shape index (κ1) is 13.0. The molecule has 1 atom stereocenters. The van der Waals surface area contributed by atoms with Crippen molar-refractivity contribution in [2.45, 2.75) is 45.1 Å². The average molecular weight is 301 g/mol. The molecule has 0 amide bonds. The normalized spacial score (nSPS) is 20.7. The molecule has 0 spiro atoms. The third kappa shape index (κ3) is 2.15. The van der Waals surface area contributed by atoms with Crippen LogP contribution in [0.3, 0.4) is 0 Å². The number of nitrogens with zero attached hydrogens (tertiary/aromatic N) is 3. The molecule has 1 saturated carbocycles. The summed E-state index contributed by atoms with van der Waals surface area (Å²) in [4.78, 5) is 0. The van der Waals surface area contributed by atoms with Crippen LogP contribution in [0.2, 0.25) is 0 Å². The lowest BCUT2D eigenvalue weighted by atomic mass is 9.75. The Labute approximate surface area is 111 Å². The molecule has 1 aromatic heterocycles. The number of aryl methyl sites for hydroxylation is 1. The Balaban J connectivity index is 2.39. The first-order valence-corrected chi connectivity index (χ1v) is 7.16. The molecule has 1 aromatic rings. The van der Waals surface area contributed by atoms with E-state index in [2.05, 4.69) is 38.5 Å². The van der Waals surface area contributed by atoms with Crippen molar-refractivity contribution in [3.63, 3.8) is 0 Å². The number of aromatic nitrogens is 3. The molecule has 1 aliphatic rings. The number of hydrogen-bond acceptors (Lipinski definition) is 3. The van der Waals surface area contributed by atoms with Gasteiger partial charge >= 0.3 is 0 Å². The van der Waals surface area contributed by atoms with E-state index >= 15 is 0 Å². The van der Waals surface area contributed by atoms with Crippen LogP contribution in [0.15, 0.2) is 4.60 Å². The fraction of sp³-hybridized carbons (Fsp3) is 0.833. The summed E-state index contributed by atoms with van der Waals surface area (Å²) in [6, 6.07) is 0.337. The van der Waals surface area contributed by atoms with E-state index < -0.39 is 0 Å². The minimum atomic E-state index is 0.337. The second-order valence-electron chi connectivity index (χ2n) is 5.03. The first-order valence-electron chi connectivity index (χ1n) is 6.37. The van der Waals surface area contributed by atoms with Crippen molar-refractivity contribution < 1.29 is 0 Å². The lowest BCUT2D eigenvalue weighted by Gasteiger charge is -2.36. The summed E-state index contributed by atoms with van der Waals surface area (Å²) in [5.74, 6) is 0. The van der Waals surface area contributed by atoms with Gasteiger partial charge in [-0.25, -0.2) is 4.68 Å². The second-order valence-corrected chi connectivity index (χ2v) is 5.78. The number of hydrogen-bond donors (Lipinski definition) is 1. The number of halogens is 1. The van der Waals surface area contributed by atoms with E-state index in [0.717, 1.165) is 4.60 Å². The van der Waals surface area contributed by atoms with E-state index in [1.165, 1.54) is 37.8 Å². The zero-order valence-electron chi connectivity index (χ0n) is 10.8. The third-order valence-electron chi connectivity index (χ3n) is 4.30. The van der Waals surface area contributed by atoms with E-state index in [-0.39, 0.29) is 0 Å². The van der Waals surface area contributed by atoms with Gasteiger partial charge in [-0.3, -0.25) is 0 Å². The van der Waals surface area contributed by atoms with Crippen molar-refractivity contribution in [1.29, 1.82) is 0 Å². The molecule has 4 nitrogen and oxygen atoms in total. The van der Waals surface area contributed by atoms with Gasteiger partial charge in [0.1, 0.15) is 0 Å². The highest BCUT2D eigenvalue weighted by atomic mass is 79.9. The topological polar surface area (TPSA) is 42.7 Å². The van der Waals surface area contributed by atoms with Crippen molar-refractivity contribution in [2.24, 2.45) is 12.5 Å². The van der Waals surface area contributed by atoms with E-state index in [9.17, 15) is 0 Å². The van der Waals surface area contributed by atoms with Gasteiger partial charge in [-0.1, -0.05) is 25.0 Å². The number of nitrogens with one attached hydrogen (secondary N) is 1. The van der Waals surface area contributed by atoms with Crippen LogP contribution in [0.4, 0.5) is 0 Å². The fourth-order valence-corrected chi connectivity index (χ4v) is 3.86. The molecular formula is C12H21BrN4. The van der Waals surface area contributed by atoms with Crippen LogP contribution in [0, 0.1) is 5.41 Å². The third-order valence-corrected chi connectivity index (χ3v) is 4.87. The van der Waals surface area contributed by atoms with Crippen molar-refractivity contribution in [2.75, 3.05) is 7.05 Å². The molecule has 0 aliphatic heterocycles. The summed E-state index contributed by atoms with van der Waals surface area (Å²) in [6.07, 6.45) is 6.49. The SMILES string of the molecule is CCC1(C(NC)c2c(Br)nnn2C)CCCC1. The van der Waals surface area contributed by atoms with Gasteiger partial charge in [-0.2, -0.15) is 0 Å². The van der Waals surface area contributed by atoms with Crippen molar-refractivity contribution in [3.8, 4) is 0 Å². The lowest BCUT2D eigenvalue weighted by molar-refractivity contribution is 0.187. The molecule has 0 radical (unpaired) electrons. The highest BCUT2D eigenvalue weighted by Crippen LogP contribution is 2.50. The molecule has 2 rings (SSSR count). The summed E-state index contributed by atoms with van der Waals surface area (Å²) in [7, 11) is 4.01. The van der Waals surface area contributed by atoms with Crippen LogP contribution in [0.5, 0.6) is 0 Å². The minimum Gasteiger partial charge on any atom is -0.311 e. The molecule has 1 fully saturated rings. The van der Waals surface area contributed by atoms with Gasteiger partial charge < -0.3 is 5.32 Å². The molecule has 0 aromatic carbocycles. The minimum absolute atomic E-state index is 0.337. The zero-order chi connectivity index (χ0) is 12.5. The van der Waals surface area contributed by atoms with Gasteiger partial charge in [0.2, 0.25) is 0 Å². The van der Waals surface area contributed by atoms with E-state index in [4.69, 9.17) is 0 Å². The summed E-state index contributed by atoms with van der Waals surface area (Å²) < 4.78 is 2.76. The quantitative estimate of drug-likeness (QED) is 0.930. The lowest BCUT2D eigenvalue weighted by Crippen LogP contribution is -2.35. The van der Waals surface area contributed by atoms with Crippen LogP contribution in [-0.4, -0.2) is 22.0 Å². The summed E-state index contributed by atoms with van der Waals surface area (Å²) in [6.45, 7) is 2.30. The Kier molecular flexibility index (Phi) is 3.88. The Bertz CT molecular complexity index is 362. The molecule has 0 saturated heterocycles. The van der Waals surface area contributed by atoms with Crippen LogP contribution < -0.4 is 5.32 Å². The van der Waals surface area contributed by atoms with Gasteiger partial charge in [0.05, 0.1) is 11.7 Å². The molecule has 0 bridgehead atoms. The Morgan fingerprint density at radius 2 is 2.12 bits per heavy atom. The molecule has 5 heteroatoms. The Hall–Kier alpha value is -0.420. The highest BCUT2D eigenvalue weighted by Gasteiger charge is 2.42. The van der Waals surface area contributed by atoms with Gasteiger partial charge in [-0.05, 0) is 47.7 Å². The van der Waals surface area contributed by atoms with Gasteiger partial charge in [-0.15, -0.1) is 5.10 Å². The fourth-order valence-electron chi connectivity index (χ4n) is 3.30. The standard InChI is InChI=1S/C12H21BrN4/c1-4-12(7-5-6-8-12)10(14-2)9-11(13)15-16-17(9)3/h10,14H,4-8H2,1-3H3. The maximum atomic E-state index is 4.11. The highest BCUT2D eigenvalue weighted by molar-refractivity contribution is 9.10. The average Bonchev–Trinajstić information content (AvgIpc) is 2.92. The predicted molar refractivity (Wildman–Crippen MR) is 71.7 cm³/mol. The molecule has 96 valence electrons. The van der Waals surface area contributed by atoms with Crippen LogP contribution in [-0.2, 0) is 7.05 Å². The van der Waals surface area contributed by atoms with Crippen LogP contribution in [0.1, 0.15) is 50.8 Å². The van der Waals surface area contributed by atoms with E-state index in [1.807, 2.05) is 18.8 Å². The molecule has 1 N–H and O–H groups in total. The molecule has 1 aliphatic carbocycles. The largest absolute Gasteiger partial charge is 0.311 e. The Morgan fingerprint density at radius 1 is 1.47 bits per heavy atom. The monoisotopic (exact) mass is 300 g/mol. The molecule has 1 unspecified atom stereocenters. The predicted octanol–water partition coefficient (Wildman–Crippen LogP) is 2.81. The van der Waals surface area contributed by atoms with Gasteiger partial charge in [0.25, 0.3) is 0 Å². The second kappa shape index (κ2) is 5.06. The maximum Gasteiger partial charge on any atom is 0.153 e. The maximum absolute atomic E-state index is 4.11. The number of rotatable bonds is 4. The molecule has 1 heterocycles. The molecular weight excluding hydrogens is 280 g/mol. The van der Waals surface area contributed by atoms with Crippen LogP contribution >= 0.6 is 15.9 Å². The van der Waals surface area contributed by atoms with Crippen molar-refractivity contribution in [1.82, 2.24) is 20.3 Å². The smallest absolute Gasteiger partial charge is 0.153 e.